The second-order valence-corrected chi connectivity index (χ2v) is 32.1. The van der Waals surface area contributed by atoms with E-state index in [0.717, 1.165) is 155 Å². The number of Topliss-reactive ketones (excluding diaryl/α,β-unsaturated/α-hetero) is 5. The number of carbonyl (C=O) groups excluding carboxylic acids is 5. The number of ether oxygens (including phenoxy) is 4. The second kappa shape index (κ2) is 53.3. The fourth-order valence-electron chi connectivity index (χ4n) is 13.5. The summed E-state index contributed by atoms with van der Waals surface area (Å²) in [6, 6.07) is 59.0. The Bertz CT molecular complexity index is 5420. The average Bonchev–Trinajstić information content (AvgIpc) is 1.68. The second-order valence-electron chi connectivity index (χ2n) is 29.1. The first kappa shape index (κ1) is 96.1. The number of carbonyl (C=O) groups is 5. The molecule has 0 amide bonds. The zero-order valence-electron chi connectivity index (χ0n) is 72.6. The molecule has 4 fully saturated rings. The van der Waals surface area contributed by atoms with Gasteiger partial charge < -0.3 is 55.9 Å². The molecule has 37 heteroatoms. The highest BCUT2D eigenvalue weighted by atomic mass is 35.5. The maximum Gasteiger partial charge on any atom is 0.203 e. The van der Waals surface area contributed by atoms with Crippen LogP contribution in [0.2, 0.25) is 5.15 Å². The number of benzene rings is 5. The van der Waals surface area contributed by atoms with Gasteiger partial charge in [0.15, 0.2) is 27.7 Å². The fourth-order valence-corrected chi connectivity index (χ4v) is 15.4. The maximum absolute atomic E-state index is 12.5. The van der Waals surface area contributed by atoms with Crippen LogP contribution in [0.15, 0.2) is 176 Å². The van der Waals surface area contributed by atoms with E-state index < -0.39 is 9.73 Å². The van der Waals surface area contributed by atoms with E-state index >= 15 is 0 Å². The molecule has 662 valence electrons. The first-order chi connectivity index (χ1) is 61.4. The molecule has 4 aliphatic rings. The van der Waals surface area contributed by atoms with Gasteiger partial charge in [0.1, 0.15) is 66.9 Å². The molecule has 15 rings (SSSR count). The molecule has 5 aromatic carbocycles. The highest BCUT2D eigenvalue weighted by Gasteiger charge is 2.31. The number of anilines is 4. The number of nitrogens with zero attached hydrogens (tertiary/aromatic N) is 17. The lowest BCUT2D eigenvalue weighted by Gasteiger charge is -2.16. The fraction of sp³-hybridized carbons (Fsp3) is 0.348. The van der Waals surface area contributed by atoms with Crippen molar-refractivity contribution in [1.82, 2.24) is 71.9 Å². The average molecular weight is 1830 g/mol. The van der Waals surface area contributed by atoms with Crippen molar-refractivity contribution in [3.05, 3.63) is 247 Å². The standard InChI is InChI=1S/C29H29N5O3S.C20H22N6O2S.C19H20N4O2.C14H13ClN2O2.C5H8N2.CH5N3S.CH4.ClH.H3P/c1-37-26-9-5-8-21(16-26)15-24(35)17-23-10-11-27(31-30-23)34-13-12-22(19-34)29-33-32-28(38-29)18-25(36)14-20-6-3-2-4-7-20;1-28-17-4-2-3-13(10-17)9-16(27)11-15-5-6-18(23-22-15)26-8-7-14(12-26)19-24-25-20(21)29-19;1-25-18-4-2-3-14(10-18)9-17(24)11-16-5-6-19(22-21-16)23-8-7-15(12-20)13-23;1-19-13-4-2-3-10(8-13)7-12(18)9-11-5-6-14(15)17-16-11;6-3-5-1-2-7-4-5;2-1(5)4-3;;;/h2-11,16,22H,12-15,17-19H2,1H3;2-6,10,14H,7-9,11-12H2,1H3,(H2,21,25);2-6,10,15H,7-9,11,13H2,1H3;2-6,8H,7,9H2,1H3;5,7H,1-2,4H2;3H2,(H3,2,4,5);1H4;1H;1H3/i;;;;;;;;1T3. The van der Waals surface area contributed by atoms with Crippen LogP contribution < -0.4 is 61.7 Å². The number of nitrogens with one attached hydrogen (secondary N) is 2. The smallest absolute Gasteiger partial charge is 0.203 e. The summed E-state index contributed by atoms with van der Waals surface area (Å²) in [6.07, 6.45) is 6.92. The van der Waals surface area contributed by atoms with E-state index in [4.69, 9.17) is 56.4 Å². The minimum absolute atomic E-state index is 0. The maximum atomic E-state index is 12.5. The normalized spacial score (nSPS) is 15.3. The van der Waals surface area contributed by atoms with E-state index in [-0.39, 0.29) is 91.4 Å². The number of ketones is 5. The van der Waals surface area contributed by atoms with Gasteiger partial charge in [-0.25, -0.2) is 5.84 Å². The van der Waals surface area contributed by atoms with Crippen LogP contribution in [0.3, 0.4) is 0 Å². The predicted molar refractivity (Wildman–Crippen MR) is 499 cm³/mol. The van der Waals surface area contributed by atoms with Gasteiger partial charge in [-0.3, -0.25) is 24.0 Å². The number of rotatable bonds is 29. The number of nitrogens with two attached hydrogens (primary N) is 3. The van der Waals surface area contributed by atoms with Gasteiger partial charge in [0.25, 0.3) is 0 Å². The molecule has 8 N–H and O–H groups in total. The van der Waals surface area contributed by atoms with Crippen LogP contribution >= 0.6 is 68.6 Å². The molecule has 126 heavy (non-hydrogen) atoms. The molecule has 4 saturated heterocycles. The molecular formula is C89H105Cl2N22O9PS3. The zero-order valence-corrected chi connectivity index (χ0v) is 74.5. The third kappa shape index (κ3) is 33.8. The largest absolute Gasteiger partial charge is 0.497 e. The van der Waals surface area contributed by atoms with Crippen LogP contribution in [-0.4, -0.2) is 180 Å². The quantitative estimate of drug-likeness (QED) is 0.0126. The van der Waals surface area contributed by atoms with Crippen LogP contribution in [0.25, 0.3) is 0 Å². The van der Waals surface area contributed by atoms with Crippen molar-refractivity contribution in [2.75, 3.05) is 101 Å². The van der Waals surface area contributed by atoms with Crippen molar-refractivity contribution in [2.45, 2.75) is 109 Å². The monoisotopic (exact) mass is 1830 g/mol. The number of methoxy groups -OCH3 is 4. The van der Waals surface area contributed by atoms with E-state index in [0.29, 0.717) is 90.0 Å². The van der Waals surface area contributed by atoms with Gasteiger partial charge in [-0.1, -0.05) is 109 Å². The molecule has 10 heterocycles. The van der Waals surface area contributed by atoms with Gasteiger partial charge in [-0.15, -0.1) is 64.5 Å². The Kier molecular flexibility index (Phi) is 40.6. The van der Waals surface area contributed by atoms with E-state index in [1.54, 1.807) is 40.6 Å². The van der Waals surface area contributed by atoms with Gasteiger partial charge >= 0.3 is 0 Å². The van der Waals surface area contributed by atoms with Gasteiger partial charge in [0.05, 0.1) is 111 Å². The Hall–Kier alpha value is -12.1. The molecule has 31 nitrogen and oxygen atoms in total. The minimum atomic E-state index is -1.87. The third-order valence-electron chi connectivity index (χ3n) is 19.8. The summed E-state index contributed by atoms with van der Waals surface area (Å²) in [6.45, 7) is 6.75. The van der Waals surface area contributed by atoms with Gasteiger partial charge in [-0.2, -0.15) is 40.7 Å². The minimum Gasteiger partial charge on any atom is -0.497 e. The third-order valence-corrected chi connectivity index (χ3v) is 22.1. The van der Waals surface area contributed by atoms with Gasteiger partial charge in [-0.05, 0) is 169 Å². The topological polar surface area (TPSA) is 436 Å². The van der Waals surface area contributed by atoms with E-state index in [9.17, 15) is 24.0 Å². The molecule has 0 bridgehead atoms. The molecule has 4 atom stereocenters. The summed E-state index contributed by atoms with van der Waals surface area (Å²) in [7, 11) is 4.57. The molecule has 0 spiro atoms. The molecule has 0 radical (unpaired) electrons. The molecule has 4 aliphatic heterocycles. The van der Waals surface area contributed by atoms with Crippen LogP contribution in [-0.2, 0) is 88.2 Å². The first-order valence-electron chi connectivity index (χ1n) is 41.1. The van der Waals surface area contributed by atoms with E-state index in [1.165, 1.54) is 22.7 Å². The Morgan fingerprint density at radius 1 is 0.484 bits per heavy atom. The van der Waals surface area contributed by atoms with Gasteiger partial charge in [0.2, 0.25) is 5.13 Å². The summed E-state index contributed by atoms with van der Waals surface area (Å²) >= 11 is 12.8. The molecule has 6 aromatic heterocycles. The van der Waals surface area contributed by atoms with Crippen LogP contribution in [0.5, 0.6) is 23.0 Å². The lowest BCUT2D eigenvalue weighted by molar-refractivity contribution is -0.118. The number of hydrogen-bond acceptors (Lipinski definition) is 32. The van der Waals surface area contributed by atoms with Crippen LogP contribution in [0.4, 0.5) is 22.6 Å². The molecule has 0 aliphatic carbocycles. The number of aromatic nitrogens is 12. The van der Waals surface area contributed by atoms with Crippen molar-refractivity contribution in [2.24, 2.45) is 23.4 Å². The van der Waals surface area contributed by atoms with Crippen molar-refractivity contribution in [1.29, 1.82) is 14.4 Å². The predicted octanol–water partition coefficient (Wildman–Crippen LogP) is 10.9. The number of halogens is 2. The highest BCUT2D eigenvalue weighted by Crippen LogP contribution is 2.34. The SMILES string of the molecule is C.COc1cccc(CC(=O)Cc2ccc(Cl)nn2)c1.COc1cccc(CC(=O)Cc2ccc(N3CCC(C#N)C3)nn2)c1.COc1cccc(CC(=O)Cc2ccc(N3CCC(c4nnc(CC(=O)Cc5ccccc5)s4)C3)nn2)c1.COc1cccc(CC(=O)Cc2ccc(N3CCC(c4nnc(N)s4)C3)nn2)c1.Cl.N#CC1CCNC1.NNC(N)=S.[3H]P([3H])[3H]. The van der Waals surface area contributed by atoms with Crippen molar-refractivity contribution >= 4 is 125 Å². The Morgan fingerprint density at radius 3 is 1.18 bits per heavy atom. The van der Waals surface area contributed by atoms with E-state index in [2.05, 4.69) is 111 Å². The van der Waals surface area contributed by atoms with Crippen molar-refractivity contribution in [3.63, 3.8) is 0 Å². The first-order valence-corrected chi connectivity index (χ1v) is 42.2. The highest BCUT2D eigenvalue weighted by molar-refractivity contribution is 7.80. The summed E-state index contributed by atoms with van der Waals surface area (Å²) in [5.74, 6) is 11.4. The number of thiocarbonyl (C=S) groups is 1. The molecule has 11 aromatic rings. The summed E-state index contributed by atoms with van der Waals surface area (Å²) < 4.78 is 38.7. The molecular weight excluding hydrogens is 1720 g/mol. The molecule has 4 unspecified atom stereocenters. The lowest BCUT2D eigenvalue weighted by atomic mass is 10.1. The Balaban J connectivity index is 0.000000226. The number of nitriles is 2. The summed E-state index contributed by atoms with van der Waals surface area (Å²) in [5, 5.41) is 73.9. The van der Waals surface area contributed by atoms with Crippen LogP contribution in [0.1, 0.15) is 111 Å². The van der Waals surface area contributed by atoms with E-state index in [1.807, 2.05) is 169 Å². The number of hydrazine groups is 1. The van der Waals surface area contributed by atoms with Crippen molar-refractivity contribution in [3.8, 4) is 35.1 Å². The van der Waals surface area contributed by atoms with Crippen molar-refractivity contribution < 1.29 is 42.9 Å². The van der Waals surface area contributed by atoms with Crippen LogP contribution in [0, 0.1) is 34.5 Å². The molecule has 0 saturated carbocycles. The summed E-state index contributed by atoms with van der Waals surface area (Å²) in [4.78, 5) is 68.0. The lowest BCUT2D eigenvalue weighted by Crippen LogP contribution is -2.34. The zero-order chi connectivity index (χ0) is 90.8. The number of nitrogen functional groups attached to an aromatic ring is 1. The summed E-state index contributed by atoms with van der Waals surface area (Å²) in [5.41, 5.74) is 19.8. The van der Waals surface area contributed by atoms with Gasteiger partial charge in [0, 0.05) is 89.8 Å². The number of hydrogen-bond donors (Lipinski definition) is 5. The Morgan fingerprint density at radius 2 is 0.849 bits per heavy atom. The Labute approximate surface area is 765 Å².